The molecule has 14 heteroatoms. The van der Waals surface area contributed by atoms with Crippen LogP contribution < -0.4 is 5.32 Å². The van der Waals surface area contributed by atoms with E-state index < -0.39 is 45.9 Å². The number of carboxylic acids is 1. The molecule has 1 aromatic heterocycles. The molecule has 0 aromatic carbocycles. The van der Waals surface area contributed by atoms with Crippen molar-refractivity contribution in [3.8, 4) is 0 Å². The van der Waals surface area contributed by atoms with E-state index in [9.17, 15) is 34.4 Å². The zero-order valence-electron chi connectivity index (χ0n) is 15.9. The average Bonchev–Trinajstić information content (AvgIpc) is 3.04. The number of carbonyl (C=O) groups is 4. The Morgan fingerprint density at radius 2 is 2.17 bits per heavy atom. The fourth-order valence-corrected chi connectivity index (χ4v) is 4.42. The number of thioether (sulfide) groups is 1. The first kappa shape index (κ1) is 21.3. The second kappa shape index (κ2) is 8.14. The van der Waals surface area contributed by atoms with E-state index in [2.05, 4.69) is 10.3 Å². The Balaban J connectivity index is 1.69. The Hall–Kier alpha value is -3.42. The Bertz CT molecular complexity index is 986. The average molecular weight is 439 g/mol. The highest BCUT2D eigenvalue weighted by Gasteiger charge is 2.54. The SMILES string of the molecule is CC(=O)OCC1=C(C(=O)O)N2C(=O)[C@@H](NC(=O)Cn3cc([N+](=O)[O-])nc3C)[C@@H]2SC1. The van der Waals surface area contributed by atoms with Crippen LogP contribution in [0.5, 0.6) is 0 Å². The van der Waals surface area contributed by atoms with Gasteiger partial charge in [0.2, 0.25) is 11.7 Å². The molecule has 1 saturated heterocycles. The molecule has 0 spiro atoms. The third-order valence-corrected chi connectivity index (χ3v) is 5.82. The molecular formula is C16H17N5O8S. The summed E-state index contributed by atoms with van der Waals surface area (Å²) in [5.41, 5.74) is 0.0370. The van der Waals surface area contributed by atoms with E-state index in [1.165, 1.54) is 30.2 Å². The van der Waals surface area contributed by atoms with Gasteiger partial charge < -0.3 is 25.3 Å². The van der Waals surface area contributed by atoms with Crippen LogP contribution in [-0.4, -0.2) is 72.0 Å². The second-order valence-electron chi connectivity index (χ2n) is 6.52. The number of aryl methyl sites for hydroxylation is 1. The molecule has 0 bridgehead atoms. The maximum atomic E-state index is 12.5. The van der Waals surface area contributed by atoms with Gasteiger partial charge in [0.15, 0.2) is 0 Å². The molecule has 0 unspecified atom stereocenters. The predicted octanol–water partition coefficient (Wildman–Crippen LogP) is -0.599. The van der Waals surface area contributed by atoms with Crippen molar-refractivity contribution in [1.82, 2.24) is 19.8 Å². The van der Waals surface area contributed by atoms with E-state index >= 15 is 0 Å². The number of aliphatic carboxylic acids is 1. The van der Waals surface area contributed by atoms with Crippen LogP contribution >= 0.6 is 11.8 Å². The number of hydrogen-bond acceptors (Lipinski definition) is 9. The van der Waals surface area contributed by atoms with Crippen molar-refractivity contribution >= 4 is 41.3 Å². The van der Waals surface area contributed by atoms with Gasteiger partial charge in [-0.25, -0.2) is 4.79 Å². The molecule has 1 fully saturated rings. The highest BCUT2D eigenvalue weighted by Crippen LogP contribution is 2.40. The van der Waals surface area contributed by atoms with E-state index in [0.29, 0.717) is 5.57 Å². The van der Waals surface area contributed by atoms with Crippen LogP contribution in [0, 0.1) is 17.0 Å². The van der Waals surface area contributed by atoms with Crippen molar-refractivity contribution in [2.75, 3.05) is 12.4 Å². The number of imidazole rings is 1. The summed E-state index contributed by atoms with van der Waals surface area (Å²) in [6, 6.07) is -0.939. The first-order valence-electron chi connectivity index (χ1n) is 8.61. The van der Waals surface area contributed by atoms with Gasteiger partial charge in [0.25, 0.3) is 5.91 Å². The molecule has 2 amide bonds. The largest absolute Gasteiger partial charge is 0.477 e. The third kappa shape index (κ3) is 3.98. The van der Waals surface area contributed by atoms with Crippen molar-refractivity contribution in [3.05, 3.63) is 33.4 Å². The van der Waals surface area contributed by atoms with Crippen molar-refractivity contribution in [2.24, 2.45) is 0 Å². The van der Waals surface area contributed by atoms with Gasteiger partial charge in [-0.1, -0.05) is 0 Å². The molecule has 0 aliphatic carbocycles. The fourth-order valence-electron chi connectivity index (χ4n) is 3.10. The van der Waals surface area contributed by atoms with E-state index in [1.54, 1.807) is 0 Å². The summed E-state index contributed by atoms with van der Waals surface area (Å²) in [5, 5.41) is 22.2. The van der Waals surface area contributed by atoms with Gasteiger partial charge in [0.05, 0.1) is 0 Å². The number of ether oxygens (including phenoxy) is 1. The maximum absolute atomic E-state index is 12.5. The van der Waals surface area contributed by atoms with Crippen molar-refractivity contribution in [1.29, 1.82) is 0 Å². The number of rotatable bonds is 7. The number of carbonyl (C=O) groups excluding carboxylic acids is 3. The number of hydrogen-bond donors (Lipinski definition) is 2. The normalized spacial score (nSPS) is 20.3. The number of fused-ring (bicyclic) bond motifs is 1. The van der Waals surface area contributed by atoms with Crippen LogP contribution in [0.4, 0.5) is 5.82 Å². The molecule has 1 aromatic rings. The lowest BCUT2D eigenvalue weighted by Crippen LogP contribution is -2.70. The topological polar surface area (TPSA) is 174 Å². The first-order chi connectivity index (χ1) is 14.1. The summed E-state index contributed by atoms with van der Waals surface area (Å²) >= 11 is 1.23. The zero-order chi connectivity index (χ0) is 22.2. The molecule has 0 radical (unpaired) electrons. The highest BCUT2D eigenvalue weighted by molar-refractivity contribution is 8.00. The Kier molecular flexibility index (Phi) is 5.78. The van der Waals surface area contributed by atoms with Gasteiger partial charge in [-0.15, -0.1) is 11.8 Å². The first-order valence-corrected chi connectivity index (χ1v) is 9.66. The van der Waals surface area contributed by atoms with Gasteiger partial charge in [-0.05, 0) is 9.91 Å². The number of esters is 1. The summed E-state index contributed by atoms with van der Waals surface area (Å²) in [5.74, 6) is -3.01. The smallest absolute Gasteiger partial charge is 0.381 e. The number of amides is 2. The molecule has 2 aliphatic heterocycles. The summed E-state index contributed by atoms with van der Waals surface area (Å²) < 4.78 is 6.13. The van der Waals surface area contributed by atoms with Gasteiger partial charge in [0, 0.05) is 25.2 Å². The van der Waals surface area contributed by atoms with Crippen LogP contribution in [0.15, 0.2) is 17.5 Å². The summed E-state index contributed by atoms with van der Waals surface area (Å²) in [6.45, 7) is 2.17. The number of aromatic nitrogens is 2. The predicted molar refractivity (Wildman–Crippen MR) is 99.9 cm³/mol. The van der Waals surface area contributed by atoms with Gasteiger partial charge in [-0.2, -0.15) is 0 Å². The number of nitrogens with zero attached hydrogens (tertiary/aromatic N) is 4. The highest BCUT2D eigenvalue weighted by atomic mass is 32.2. The van der Waals surface area contributed by atoms with E-state index in [4.69, 9.17) is 4.74 Å². The number of nitro groups is 1. The number of nitrogens with one attached hydrogen (secondary N) is 1. The third-order valence-electron chi connectivity index (χ3n) is 4.48. The Morgan fingerprint density at radius 3 is 2.73 bits per heavy atom. The monoisotopic (exact) mass is 439 g/mol. The van der Waals surface area contributed by atoms with Crippen LogP contribution in [0.1, 0.15) is 12.7 Å². The minimum atomic E-state index is -1.33. The molecule has 2 atom stereocenters. The fraction of sp³-hybridized carbons (Fsp3) is 0.438. The summed E-state index contributed by atoms with van der Waals surface area (Å²) in [6.07, 6.45) is 1.12. The minimum Gasteiger partial charge on any atom is -0.477 e. The van der Waals surface area contributed by atoms with Gasteiger partial charge in [0.1, 0.15) is 36.5 Å². The lowest BCUT2D eigenvalue weighted by atomic mass is 10.0. The van der Waals surface area contributed by atoms with Crippen molar-refractivity contribution in [3.63, 3.8) is 0 Å². The number of carboxylic acid groups (broad SMARTS) is 1. The van der Waals surface area contributed by atoms with E-state index in [-0.39, 0.29) is 30.4 Å². The molecule has 13 nitrogen and oxygen atoms in total. The zero-order valence-corrected chi connectivity index (χ0v) is 16.7. The van der Waals surface area contributed by atoms with E-state index in [0.717, 1.165) is 11.1 Å². The van der Waals surface area contributed by atoms with Crippen LogP contribution in [0.25, 0.3) is 0 Å². The Morgan fingerprint density at radius 1 is 1.47 bits per heavy atom. The summed E-state index contributed by atoms with van der Waals surface area (Å²) in [7, 11) is 0. The van der Waals surface area contributed by atoms with Crippen molar-refractivity contribution in [2.45, 2.75) is 31.8 Å². The minimum absolute atomic E-state index is 0.211. The van der Waals surface area contributed by atoms with Crippen LogP contribution in [0.3, 0.4) is 0 Å². The lowest BCUT2D eigenvalue weighted by molar-refractivity contribution is -0.389. The van der Waals surface area contributed by atoms with Gasteiger partial charge in [-0.3, -0.25) is 23.9 Å². The molecule has 2 aliphatic rings. The molecule has 30 heavy (non-hydrogen) atoms. The molecule has 3 heterocycles. The van der Waals surface area contributed by atoms with Crippen molar-refractivity contribution < 1.29 is 33.9 Å². The van der Waals surface area contributed by atoms with Crippen LogP contribution in [0.2, 0.25) is 0 Å². The molecular weight excluding hydrogens is 422 g/mol. The quantitative estimate of drug-likeness (QED) is 0.242. The van der Waals surface area contributed by atoms with E-state index in [1.807, 2.05) is 0 Å². The molecule has 2 N–H and O–H groups in total. The van der Waals surface area contributed by atoms with Gasteiger partial charge >= 0.3 is 17.8 Å². The lowest BCUT2D eigenvalue weighted by Gasteiger charge is -2.49. The summed E-state index contributed by atoms with van der Waals surface area (Å²) in [4.78, 5) is 62.4. The Labute approximate surface area is 173 Å². The molecule has 0 saturated carbocycles. The van der Waals surface area contributed by atoms with Crippen LogP contribution in [-0.2, 0) is 30.5 Å². The second-order valence-corrected chi connectivity index (χ2v) is 7.63. The maximum Gasteiger partial charge on any atom is 0.381 e. The molecule has 160 valence electrons. The molecule has 3 rings (SSSR count). The number of β-lactam (4-membered cyclic amide) rings is 1. The standard InChI is InChI=1S/C16H17N5O8S/c1-7-17-10(21(27)28)3-19(7)4-11(23)18-12-14(24)20-13(16(25)26)9(5-29-8(2)22)6-30-15(12)20/h3,12,15H,4-6H2,1-2H3,(H,18,23)(H,25,26)/t12-,15+/m1/s1.